The summed E-state index contributed by atoms with van der Waals surface area (Å²) in [5, 5.41) is 11.4. The molecule has 1 heterocycles. The van der Waals surface area contributed by atoms with Crippen LogP contribution in [0.25, 0.3) is 0 Å². The lowest BCUT2D eigenvalue weighted by molar-refractivity contribution is -0.134. The van der Waals surface area contributed by atoms with Gasteiger partial charge in [0.25, 0.3) is 5.91 Å². The fourth-order valence-electron chi connectivity index (χ4n) is 2.05. The monoisotopic (exact) mass is 268 g/mol. The van der Waals surface area contributed by atoms with Gasteiger partial charge in [-0.15, -0.1) is 0 Å². The molecule has 1 unspecified atom stereocenters. The lowest BCUT2D eigenvalue weighted by Crippen LogP contribution is -2.54. The summed E-state index contributed by atoms with van der Waals surface area (Å²) in [5.41, 5.74) is -0.585. The summed E-state index contributed by atoms with van der Waals surface area (Å²) in [7, 11) is 3.37. The van der Waals surface area contributed by atoms with Gasteiger partial charge in [-0.05, 0) is 34.2 Å². The number of amides is 2. The number of nitrogens with zero attached hydrogens (tertiary/aromatic N) is 2. The highest BCUT2D eigenvalue weighted by Crippen LogP contribution is 2.29. The highest BCUT2D eigenvalue weighted by atomic mass is 16.2. The van der Waals surface area contributed by atoms with Crippen LogP contribution in [0.15, 0.2) is 5.10 Å². The van der Waals surface area contributed by atoms with Crippen LogP contribution >= 0.6 is 0 Å². The lowest BCUT2D eigenvalue weighted by atomic mass is 9.83. The van der Waals surface area contributed by atoms with Gasteiger partial charge in [-0.25, -0.2) is 5.01 Å². The van der Waals surface area contributed by atoms with Crippen LogP contribution in [0.4, 0.5) is 0 Å². The van der Waals surface area contributed by atoms with E-state index in [2.05, 4.69) is 15.7 Å². The highest BCUT2D eigenvalue weighted by Gasteiger charge is 2.45. The van der Waals surface area contributed by atoms with E-state index in [1.54, 1.807) is 27.9 Å². The van der Waals surface area contributed by atoms with Crippen molar-refractivity contribution in [3.63, 3.8) is 0 Å². The Kier molecular flexibility index (Phi) is 4.35. The smallest absolute Gasteiger partial charge is 0.255 e. The molecule has 0 aliphatic carbocycles. The number of hydrazone groups is 1. The number of carbonyl (C=O) groups is 2. The number of hydrogen-bond acceptors (Lipinski definition) is 4. The van der Waals surface area contributed by atoms with Crippen molar-refractivity contribution in [2.24, 2.45) is 10.5 Å². The molecule has 0 aromatic heterocycles. The fraction of sp³-hybridized carbons (Fsp3) is 0.769. The molecule has 1 aliphatic heterocycles. The van der Waals surface area contributed by atoms with Crippen LogP contribution in [0.2, 0.25) is 0 Å². The second-order valence-corrected chi connectivity index (χ2v) is 5.62. The van der Waals surface area contributed by atoms with E-state index in [0.29, 0.717) is 6.42 Å². The SMILES string of the molecule is CCC1=NN(C)C(=O)C1(C)CNC(=O)C(C)(C)NC. The highest BCUT2D eigenvalue weighted by molar-refractivity contribution is 6.12. The van der Waals surface area contributed by atoms with Crippen molar-refractivity contribution in [1.29, 1.82) is 0 Å². The largest absolute Gasteiger partial charge is 0.353 e. The van der Waals surface area contributed by atoms with Gasteiger partial charge in [0.1, 0.15) is 5.41 Å². The molecule has 19 heavy (non-hydrogen) atoms. The Balaban J connectivity index is 2.79. The van der Waals surface area contributed by atoms with Crippen LogP contribution in [-0.4, -0.2) is 48.7 Å². The van der Waals surface area contributed by atoms with Gasteiger partial charge >= 0.3 is 0 Å². The van der Waals surface area contributed by atoms with Gasteiger partial charge in [-0.2, -0.15) is 5.10 Å². The zero-order valence-corrected chi connectivity index (χ0v) is 12.6. The predicted molar refractivity (Wildman–Crippen MR) is 74.8 cm³/mol. The molecular weight excluding hydrogens is 244 g/mol. The predicted octanol–water partition coefficient (Wildman–Crippen LogP) is 0.345. The van der Waals surface area contributed by atoms with E-state index in [1.165, 1.54) is 5.01 Å². The molecule has 0 bridgehead atoms. The first kappa shape index (κ1) is 15.6. The molecule has 108 valence electrons. The van der Waals surface area contributed by atoms with Gasteiger partial charge in [0.2, 0.25) is 5.91 Å². The second kappa shape index (κ2) is 5.28. The molecule has 0 fully saturated rings. The van der Waals surface area contributed by atoms with Gasteiger partial charge < -0.3 is 10.6 Å². The Morgan fingerprint density at radius 1 is 1.47 bits per heavy atom. The van der Waals surface area contributed by atoms with Crippen LogP contribution in [0, 0.1) is 5.41 Å². The van der Waals surface area contributed by atoms with E-state index in [0.717, 1.165) is 5.71 Å². The van der Waals surface area contributed by atoms with Crippen molar-refractivity contribution in [2.45, 2.75) is 39.7 Å². The number of carbonyl (C=O) groups excluding carboxylic acids is 2. The Morgan fingerprint density at radius 3 is 2.53 bits per heavy atom. The molecule has 1 atom stereocenters. The van der Waals surface area contributed by atoms with Gasteiger partial charge in [0.05, 0.1) is 11.3 Å². The molecule has 0 radical (unpaired) electrons. The minimum Gasteiger partial charge on any atom is -0.353 e. The molecular formula is C13H24N4O2. The van der Waals surface area contributed by atoms with Crippen LogP contribution < -0.4 is 10.6 Å². The third-order valence-electron chi connectivity index (χ3n) is 3.80. The number of nitrogens with one attached hydrogen (secondary N) is 2. The lowest BCUT2D eigenvalue weighted by Gasteiger charge is -2.28. The molecule has 0 aromatic rings. The standard InChI is InChI=1S/C13H24N4O2/c1-7-9-13(4,11(19)17(6)16-9)8-15-10(18)12(2,3)14-5/h14H,7-8H2,1-6H3,(H,15,18). The maximum absolute atomic E-state index is 12.2. The van der Waals surface area contributed by atoms with Crippen molar-refractivity contribution < 1.29 is 9.59 Å². The summed E-state index contributed by atoms with van der Waals surface area (Å²) < 4.78 is 0. The molecule has 1 rings (SSSR count). The van der Waals surface area contributed by atoms with Gasteiger partial charge in [0.15, 0.2) is 0 Å². The summed E-state index contributed by atoms with van der Waals surface area (Å²) in [6.45, 7) is 7.65. The van der Waals surface area contributed by atoms with E-state index in [9.17, 15) is 9.59 Å². The van der Waals surface area contributed by atoms with E-state index in [-0.39, 0.29) is 18.4 Å². The Morgan fingerprint density at radius 2 is 2.05 bits per heavy atom. The van der Waals surface area contributed by atoms with Crippen LogP contribution in [0.5, 0.6) is 0 Å². The summed E-state index contributed by atoms with van der Waals surface area (Å²) in [6.07, 6.45) is 0.692. The van der Waals surface area contributed by atoms with Crippen molar-refractivity contribution >= 4 is 17.5 Å². The van der Waals surface area contributed by atoms with Crippen LogP contribution in [0.3, 0.4) is 0 Å². The fourth-order valence-corrected chi connectivity index (χ4v) is 2.05. The van der Waals surface area contributed by atoms with E-state index >= 15 is 0 Å². The molecule has 6 heteroatoms. The molecule has 6 nitrogen and oxygen atoms in total. The maximum atomic E-state index is 12.2. The summed E-state index contributed by atoms with van der Waals surface area (Å²) in [4.78, 5) is 24.2. The minimum atomic E-state index is -0.733. The molecule has 2 N–H and O–H groups in total. The third-order valence-corrected chi connectivity index (χ3v) is 3.80. The van der Waals surface area contributed by atoms with Crippen molar-refractivity contribution in [3.05, 3.63) is 0 Å². The van der Waals surface area contributed by atoms with Crippen molar-refractivity contribution in [3.8, 4) is 0 Å². The summed E-state index contributed by atoms with van der Waals surface area (Å²) in [6, 6.07) is 0. The number of likely N-dealkylation sites (N-methyl/N-ethyl adjacent to an activating group) is 1. The van der Waals surface area contributed by atoms with Crippen molar-refractivity contribution in [1.82, 2.24) is 15.6 Å². The summed E-state index contributed by atoms with van der Waals surface area (Å²) >= 11 is 0. The first-order valence-corrected chi connectivity index (χ1v) is 6.52. The van der Waals surface area contributed by atoms with E-state index in [4.69, 9.17) is 0 Å². The van der Waals surface area contributed by atoms with Crippen LogP contribution in [-0.2, 0) is 9.59 Å². The number of rotatable bonds is 5. The topological polar surface area (TPSA) is 73.8 Å². The zero-order valence-electron chi connectivity index (χ0n) is 12.6. The Labute approximate surface area is 114 Å². The minimum absolute atomic E-state index is 0.0769. The second-order valence-electron chi connectivity index (χ2n) is 5.62. The number of hydrogen-bond donors (Lipinski definition) is 2. The quantitative estimate of drug-likeness (QED) is 0.755. The molecule has 0 saturated carbocycles. The molecule has 0 aromatic carbocycles. The average molecular weight is 268 g/mol. The Bertz CT molecular complexity index is 417. The first-order chi connectivity index (χ1) is 8.69. The van der Waals surface area contributed by atoms with E-state index in [1.807, 2.05) is 13.8 Å². The maximum Gasteiger partial charge on any atom is 0.255 e. The molecule has 1 aliphatic rings. The zero-order chi connectivity index (χ0) is 14.8. The van der Waals surface area contributed by atoms with Gasteiger partial charge in [-0.3, -0.25) is 9.59 Å². The molecule has 0 spiro atoms. The summed E-state index contributed by atoms with van der Waals surface area (Å²) in [5.74, 6) is -0.207. The average Bonchev–Trinajstić information content (AvgIpc) is 2.60. The van der Waals surface area contributed by atoms with Crippen LogP contribution in [0.1, 0.15) is 34.1 Å². The normalized spacial score (nSPS) is 23.6. The van der Waals surface area contributed by atoms with Gasteiger partial charge in [-0.1, -0.05) is 6.92 Å². The Hall–Kier alpha value is -1.43. The molecule has 0 saturated heterocycles. The molecule has 2 amide bonds. The third kappa shape index (κ3) is 2.78. The van der Waals surface area contributed by atoms with E-state index < -0.39 is 11.0 Å². The van der Waals surface area contributed by atoms with Crippen molar-refractivity contribution in [2.75, 3.05) is 20.6 Å². The van der Waals surface area contributed by atoms with Gasteiger partial charge in [0, 0.05) is 13.6 Å². The first-order valence-electron chi connectivity index (χ1n) is 6.52.